The molecule has 0 radical (unpaired) electrons. The van der Waals surface area contributed by atoms with Crippen molar-refractivity contribution >= 4 is 9.84 Å². The van der Waals surface area contributed by atoms with Gasteiger partial charge in [0, 0.05) is 25.9 Å². The lowest BCUT2D eigenvalue weighted by Crippen LogP contribution is -2.30. The van der Waals surface area contributed by atoms with Crippen molar-refractivity contribution < 1.29 is 12.8 Å². The van der Waals surface area contributed by atoms with Crippen molar-refractivity contribution in [3.05, 3.63) is 53.8 Å². The van der Waals surface area contributed by atoms with Gasteiger partial charge in [-0.2, -0.15) is 0 Å². The molecule has 24 heavy (non-hydrogen) atoms. The summed E-state index contributed by atoms with van der Waals surface area (Å²) < 4.78 is 28.5. The van der Waals surface area contributed by atoms with E-state index in [2.05, 4.69) is 34.1 Å². The van der Waals surface area contributed by atoms with Crippen LogP contribution in [0.4, 0.5) is 0 Å². The number of rotatable bonds is 5. The van der Waals surface area contributed by atoms with Crippen LogP contribution in [0.3, 0.4) is 0 Å². The quantitative estimate of drug-likeness (QED) is 0.830. The van der Waals surface area contributed by atoms with Gasteiger partial charge in [-0.15, -0.1) is 0 Å². The smallest absolute Gasteiger partial charge is 0.217 e. The SMILES string of the molecule is CS(=O)(=O)c1ccc(CN2CCCN(Cc3ccccc3)CC2)o1. The molecule has 0 atom stereocenters. The van der Waals surface area contributed by atoms with E-state index in [-0.39, 0.29) is 5.09 Å². The number of benzene rings is 1. The van der Waals surface area contributed by atoms with Gasteiger partial charge in [0.1, 0.15) is 5.76 Å². The number of furan rings is 1. The average molecular weight is 348 g/mol. The number of sulfone groups is 1. The normalized spacial score (nSPS) is 17.7. The third-order valence-corrected chi connectivity index (χ3v) is 5.26. The fraction of sp³-hybridized carbons (Fsp3) is 0.444. The zero-order valence-corrected chi connectivity index (χ0v) is 14.8. The highest BCUT2D eigenvalue weighted by Crippen LogP contribution is 2.17. The number of hydrogen-bond donors (Lipinski definition) is 0. The van der Waals surface area contributed by atoms with Gasteiger partial charge in [0.2, 0.25) is 14.9 Å². The second-order valence-corrected chi connectivity index (χ2v) is 8.33. The third-order valence-electron chi connectivity index (χ3n) is 4.31. The Bertz CT molecular complexity index is 756. The van der Waals surface area contributed by atoms with Gasteiger partial charge >= 0.3 is 0 Å². The highest BCUT2D eigenvalue weighted by atomic mass is 32.2. The first-order valence-electron chi connectivity index (χ1n) is 8.28. The van der Waals surface area contributed by atoms with E-state index in [1.165, 1.54) is 11.8 Å². The van der Waals surface area contributed by atoms with E-state index in [9.17, 15) is 8.42 Å². The fourth-order valence-corrected chi connectivity index (χ4v) is 3.62. The summed E-state index contributed by atoms with van der Waals surface area (Å²) in [6.07, 6.45) is 2.27. The predicted octanol–water partition coefficient (Wildman–Crippen LogP) is 2.39. The maximum Gasteiger partial charge on any atom is 0.217 e. The largest absolute Gasteiger partial charge is 0.448 e. The van der Waals surface area contributed by atoms with E-state index in [1.807, 2.05) is 6.07 Å². The molecule has 1 saturated heterocycles. The lowest BCUT2D eigenvalue weighted by Gasteiger charge is -2.21. The summed E-state index contributed by atoms with van der Waals surface area (Å²) >= 11 is 0. The van der Waals surface area contributed by atoms with Crippen LogP contribution in [0.25, 0.3) is 0 Å². The molecule has 2 aromatic rings. The Kier molecular flexibility index (Phi) is 5.38. The third kappa shape index (κ3) is 4.69. The molecule has 1 aromatic carbocycles. The second kappa shape index (κ2) is 7.51. The van der Waals surface area contributed by atoms with Gasteiger partial charge in [0.25, 0.3) is 0 Å². The molecule has 130 valence electrons. The molecule has 0 bridgehead atoms. The molecule has 1 aliphatic heterocycles. The summed E-state index contributed by atoms with van der Waals surface area (Å²) in [6, 6.07) is 13.8. The van der Waals surface area contributed by atoms with Crippen molar-refractivity contribution in [2.24, 2.45) is 0 Å². The van der Waals surface area contributed by atoms with E-state index >= 15 is 0 Å². The van der Waals surface area contributed by atoms with Crippen molar-refractivity contribution in [2.45, 2.75) is 24.6 Å². The van der Waals surface area contributed by atoms with Crippen LogP contribution in [0, 0.1) is 0 Å². The molecule has 0 unspecified atom stereocenters. The number of hydrogen-bond acceptors (Lipinski definition) is 5. The second-order valence-electron chi connectivity index (χ2n) is 6.38. The highest BCUT2D eigenvalue weighted by Gasteiger charge is 2.18. The van der Waals surface area contributed by atoms with Crippen LogP contribution in [0.2, 0.25) is 0 Å². The number of nitrogens with zero attached hydrogens (tertiary/aromatic N) is 2. The molecule has 3 rings (SSSR count). The molecule has 1 aliphatic rings. The summed E-state index contributed by atoms with van der Waals surface area (Å²) in [6.45, 7) is 5.69. The molecule has 0 amide bonds. The molecule has 2 heterocycles. The van der Waals surface area contributed by atoms with Crippen LogP contribution < -0.4 is 0 Å². The minimum Gasteiger partial charge on any atom is -0.448 e. The van der Waals surface area contributed by atoms with Crippen LogP contribution in [-0.4, -0.2) is 50.7 Å². The van der Waals surface area contributed by atoms with Crippen molar-refractivity contribution in [2.75, 3.05) is 32.4 Å². The molecule has 0 saturated carbocycles. The monoisotopic (exact) mass is 348 g/mol. The van der Waals surface area contributed by atoms with Gasteiger partial charge in [-0.25, -0.2) is 8.42 Å². The van der Waals surface area contributed by atoms with Crippen LogP contribution in [-0.2, 0) is 22.9 Å². The fourth-order valence-electron chi connectivity index (χ4n) is 3.05. The molecule has 0 spiro atoms. The van der Waals surface area contributed by atoms with Crippen molar-refractivity contribution in [3.8, 4) is 0 Å². The van der Waals surface area contributed by atoms with Gasteiger partial charge in [-0.05, 0) is 37.2 Å². The summed E-state index contributed by atoms with van der Waals surface area (Å²) in [4.78, 5) is 4.80. The van der Waals surface area contributed by atoms with E-state index in [1.54, 1.807) is 12.1 Å². The Labute approximate surface area is 143 Å². The zero-order chi connectivity index (χ0) is 17.0. The van der Waals surface area contributed by atoms with E-state index in [0.29, 0.717) is 12.3 Å². The van der Waals surface area contributed by atoms with Gasteiger partial charge in [-0.3, -0.25) is 9.80 Å². The Morgan fingerprint density at radius 3 is 2.21 bits per heavy atom. The Morgan fingerprint density at radius 2 is 1.58 bits per heavy atom. The van der Waals surface area contributed by atoms with Crippen LogP contribution in [0.5, 0.6) is 0 Å². The van der Waals surface area contributed by atoms with Crippen molar-refractivity contribution in [1.82, 2.24) is 9.80 Å². The van der Waals surface area contributed by atoms with Crippen LogP contribution >= 0.6 is 0 Å². The molecular formula is C18H24N2O3S. The van der Waals surface area contributed by atoms with E-state index in [0.717, 1.165) is 39.1 Å². The molecular weight excluding hydrogens is 324 g/mol. The molecule has 1 aromatic heterocycles. The van der Waals surface area contributed by atoms with Gasteiger partial charge < -0.3 is 4.42 Å². The lowest BCUT2D eigenvalue weighted by molar-refractivity contribution is 0.229. The maximum absolute atomic E-state index is 11.5. The predicted molar refractivity (Wildman–Crippen MR) is 93.4 cm³/mol. The first-order chi connectivity index (χ1) is 11.5. The Balaban J connectivity index is 1.55. The topological polar surface area (TPSA) is 53.8 Å². The summed E-state index contributed by atoms with van der Waals surface area (Å²) in [5.74, 6) is 0.715. The van der Waals surface area contributed by atoms with E-state index in [4.69, 9.17) is 4.42 Å². The van der Waals surface area contributed by atoms with Crippen molar-refractivity contribution in [3.63, 3.8) is 0 Å². The standard InChI is InChI=1S/C18H24N2O3S/c1-24(21,22)18-9-8-17(23-18)15-20-11-5-10-19(12-13-20)14-16-6-3-2-4-7-16/h2-4,6-9H,5,10-15H2,1H3. The summed E-state index contributed by atoms with van der Waals surface area (Å²) in [5, 5.41) is 0.0537. The molecule has 6 heteroatoms. The summed E-state index contributed by atoms with van der Waals surface area (Å²) in [7, 11) is -3.27. The Hall–Kier alpha value is -1.63. The minimum atomic E-state index is -3.27. The first-order valence-corrected chi connectivity index (χ1v) is 10.2. The molecule has 1 fully saturated rings. The lowest BCUT2D eigenvalue weighted by atomic mass is 10.2. The molecule has 0 N–H and O–H groups in total. The summed E-state index contributed by atoms with van der Waals surface area (Å²) in [5.41, 5.74) is 1.34. The van der Waals surface area contributed by atoms with Crippen LogP contribution in [0.1, 0.15) is 17.7 Å². The Morgan fingerprint density at radius 1 is 0.917 bits per heavy atom. The average Bonchev–Trinajstić information content (AvgIpc) is 2.91. The van der Waals surface area contributed by atoms with E-state index < -0.39 is 9.84 Å². The van der Waals surface area contributed by atoms with Gasteiger partial charge in [0.05, 0.1) is 6.54 Å². The maximum atomic E-state index is 11.5. The minimum absolute atomic E-state index is 0.0537. The first kappa shape index (κ1) is 17.2. The van der Waals surface area contributed by atoms with Crippen LogP contribution in [0.15, 0.2) is 52.0 Å². The van der Waals surface area contributed by atoms with Crippen molar-refractivity contribution in [1.29, 1.82) is 0 Å². The zero-order valence-electron chi connectivity index (χ0n) is 14.0. The molecule has 5 nitrogen and oxygen atoms in total. The highest BCUT2D eigenvalue weighted by molar-refractivity contribution is 7.90. The molecule has 0 aliphatic carbocycles. The van der Waals surface area contributed by atoms with Gasteiger partial charge in [0.15, 0.2) is 0 Å². The van der Waals surface area contributed by atoms with Gasteiger partial charge in [-0.1, -0.05) is 30.3 Å².